The largest absolute Gasteiger partial charge is 0.473 e. The zero-order valence-corrected chi connectivity index (χ0v) is 13.8. The van der Waals surface area contributed by atoms with Gasteiger partial charge in [0.15, 0.2) is 0 Å². The van der Waals surface area contributed by atoms with Crippen molar-refractivity contribution in [1.29, 1.82) is 0 Å². The van der Waals surface area contributed by atoms with Crippen molar-refractivity contribution in [2.24, 2.45) is 0 Å². The van der Waals surface area contributed by atoms with Crippen LogP contribution >= 0.6 is 11.3 Å². The lowest BCUT2D eigenvalue weighted by molar-refractivity contribution is -0.127. The summed E-state index contributed by atoms with van der Waals surface area (Å²) < 4.78 is 5.83. The van der Waals surface area contributed by atoms with Crippen LogP contribution in [0.2, 0.25) is 0 Å². The topological polar surface area (TPSA) is 55.3 Å². The fourth-order valence-corrected chi connectivity index (χ4v) is 3.08. The van der Waals surface area contributed by atoms with Gasteiger partial charge in [-0.3, -0.25) is 4.79 Å². The fourth-order valence-electron chi connectivity index (χ4n) is 2.46. The number of aryl methyl sites for hydroxylation is 1. The van der Waals surface area contributed by atoms with Crippen molar-refractivity contribution >= 4 is 23.3 Å². The maximum atomic E-state index is 12.2. The number of carbonyl (C=O) groups excluding carboxylic acids is 1. The number of amides is 1. The summed E-state index contributed by atoms with van der Waals surface area (Å²) >= 11 is 1.62. The van der Waals surface area contributed by atoms with E-state index in [1.807, 2.05) is 47.5 Å². The number of carbonyl (C=O) groups is 1. The molecule has 3 heterocycles. The van der Waals surface area contributed by atoms with E-state index >= 15 is 0 Å². The molecule has 1 aliphatic rings. The Morgan fingerprint density at radius 1 is 1.30 bits per heavy atom. The molecule has 0 aromatic carbocycles. The van der Waals surface area contributed by atoms with Crippen LogP contribution in [0.4, 0.5) is 0 Å². The first-order chi connectivity index (χ1) is 11.2. The second-order valence-electron chi connectivity index (χ2n) is 5.50. The molecule has 1 saturated heterocycles. The molecule has 0 saturated carbocycles. The number of hydrogen-bond donors (Lipinski definition) is 0. The van der Waals surface area contributed by atoms with Crippen molar-refractivity contribution < 1.29 is 9.53 Å². The van der Waals surface area contributed by atoms with Crippen LogP contribution in [0.3, 0.4) is 0 Å². The van der Waals surface area contributed by atoms with Crippen LogP contribution < -0.4 is 4.74 Å². The van der Waals surface area contributed by atoms with E-state index in [0.29, 0.717) is 19.0 Å². The number of hydrogen-bond acceptors (Lipinski definition) is 5. The molecule has 0 radical (unpaired) electrons. The molecule has 1 fully saturated rings. The molecule has 0 atom stereocenters. The van der Waals surface area contributed by atoms with Crippen LogP contribution in [0, 0.1) is 6.92 Å². The lowest BCUT2D eigenvalue weighted by Crippen LogP contribution is -2.41. The minimum atomic E-state index is 0.0620. The first kappa shape index (κ1) is 15.7. The Balaban J connectivity index is 1.48. The van der Waals surface area contributed by atoms with Gasteiger partial charge >= 0.3 is 0 Å². The number of likely N-dealkylation sites (tertiary alicyclic amines) is 1. The summed E-state index contributed by atoms with van der Waals surface area (Å²) in [5.74, 6) is 0.616. The highest BCUT2D eigenvalue weighted by molar-refractivity contribution is 7.10. The second-order valence-corrected chi connectivity index (χ2v) is 6.48. The van der Waals surface area contributed by atoms with Gasteiger partial charge in [0.2, 0.25) is 11.8 Å². The van der Waals surface area contributed by atoms with Crippen molar-refractivity contribution in [1.82, 2.24) is 15.1 Å². The highest BCUT2D eigenvalue weighted by Crippen LogP contribution is 2.17. The van der Waals surface area contributed by atoms with Crippen molar-refractivity contribution in [3.63, 3.8) is 0 Å². The summed E-state index contributed by atoms with van der Waals surface area (Å²) in [4.78, 5) is 15.1. The van der Waals surface area contributed by atoms with E-state index in [1.54, 1.807) is 17.4 Å². The Hall–Kier alpha value is -2.21. The third-order valence-electron chi connectivity index (χ3n) is 3.75. The molecule has 0 N–H and O–H groups in total. The summed E-state index contributed by atoms with van der Waals surface area (Å²) in [5, 5.41) is 10.0. The van der Waals surface area contributed by atoms with Gasteiger partial charge in [-0.25, -0.2) is 0 Å². The van der Waals surface area contributed by atoms with Gasteiger partial charge in [-0.2, -0.15) is 5.10 Å². The molecule has 5 nitrogen and oxygen atoms in total. The summed E-state index contributed by atoms with van der Waals surface area (Å²) in [6.07, 6.45) is 5.25. The van der Waals surface area contributed by atoms with Crippen molar-refractivity contribution in [3.05, 3.63) is 46.3 Å². The van der Waals surface area contributed by atoms with Crippen LogP contribution in [0.5, 0.6) is 5.88 Å². The average Bonchev–Trinajstić information content (AvgIpc) is 3.09. The van der Waals surface area contributed by atoms with E-state index in [2.05, 4.69) is 10.2 Å². The molecule has 6 heteroatoms. The predicted molar refractivity (Wildman–Crippen MR) is 90.4 cm³/mol. The quantitative estimate of drug-likeness (QED) is 0.809. The molecule has 0 unspecified atom stereocenters. The monoisotopic (exact) mass is 329 g/mol. The number of aromatic nitrogens is 2. The fraction of sp³-hybridized carbons (Fsp3) is 0.353. The Morgan fingerprint density at radius 3 is 2.78 bits per heavy atom. The zero-order chi connectivity index (χ0) is 16.1. The second kappa shape index (κ2) is 7.37. The van der Waals surface area contributed by atoms with Crippen LogP contribution in [0.15, 0.2) is 35.7 Å². The van der Waals surface area contributed by atoms with Gasteiger partial charge in [-0.1, -0.05) is 6.07 Å². The van der Waals surface area contributed by atoms with E-state index in [1.165, 1.54) is 0 Å². The third-order valence-corrected chi connectivity index (χ3v) is 4.59. The van der Waals surface area contributed by atoms with Gasteiger partial charge in [-0.05, 0) is 30.5 Å². The minimum Gasteiger partial charge on any atom is -0.473 e. The Labute approximate surface area is 139 Å². The van der Waals surface area contributed by atoms with Crippen LogP contribution in [0.25, 0.3) is 6.08 Å². The highest BCUT2D eigenvalue weighted by atomic mass is 32.1. The predicted octanol–water partition coefficient (Wildman–Crippen LogP) is 2.93. The first-order valence-electron chi connectivity index (χ1n) is 7.68. The molecule has 2 aromatic rings. The van der Waals surface area contributed by atoms with E-state index in [4.69, 9.17) is 4.74 Å². The molecule has 1 amide bonds. The summed E-state index contributed by atoms with van der Waals surface area (Å²) in [6.45, 7) is 3.31. The molecule has 0 spiro atoms. The first-order valence-corrected chi connectivity index (χ1v) is 8.56. The summed E-state index contributed by atoms with van der Waals surface area (Å²) in [5.41, 5.74) is 0.871. The number of ether oxygens (including phenoxy) is 1. The van der Waals surface area contributed by atoms with E-state index < -0.39 is 0 Å². The smallest absolute Gasteiger partial charge is 0.246 e. The average molecular weight is 329 g/mol. The SMILES string of the molecule is Cc1ccc(OC2CCN(C(=O)C=Cc3cccs3)CC2)nn1. The molecule has 0 bridgehead atoms. The maximum Gasteiger partial charge on any atom is 0.246 e. The number of piperidine rings is 1. The molecule has 3 rings (SSSR count). The molecular weight excluding hydrogens is 310 g/mol. The lowest BCUT2D eigenvalue weighted by Gasteiger charge is -2.31. The van der Waals surface area contributed by atoms with Crippen molar-refractivity contribution in [3.8, 4) is 5.88 Å². The maximum absolute atomic E-state index is 12.2. The van der Waals surface area contributed by atoms with Crippen LogP contribution in [0.1, 0.15) is 23.4 Å². The van der Waals surface area contributed by atoms with Crippen molar-refractivity contribution in [2.75, 3.05) is 13.1 Å². The molecule has 2 aromatic heterocycles. The lowest BCUT2D eigenvalue weighted by atomic mass is 10.1. The van der Waals surface area contributed by atoms with E-state index in [-0.39, 0.29) is 12.0 Å². The highest BCUT2D eigenvalue weighted by Gasteiger charge is 2.23. The van der Waals surface area contributed by atoms with E-state index in [0.717, 1.165) is 23.4 Å². The third kappa shape index (κ3) is 4.39. The summed E-state index contributed by atoms with van der Waals surface area (Å²) in [6, 6.07) is 7.70. The number of nitrogens with zero attached hydrogens (tertiary/aromatic N) is 3. The van der Waals surface area contributed by atoms with E-state index in [9.17, 15) is 4.79 Å². The number of rotatable bonds is 4. The molecular formula is C17H19N3O2S. The normalized spacial score (nSPS) is 16.0. The molecule has 1 aliphatic heterocycles. The van der Waals surface area contributed by atoms with Crippen LogP contribution in [-0.4, -0.2) is 40.2 Å². The Bertz CT molecular complexity index is 660. The van der Waals surface area contributed by atoms with Crippen LogP contribution in [-0.2, 0) is 4.79 Å². The van der Waals surface area contributed by atoms with Gasteiger partial charge in [0.1, 0.15) is 6.10 Å². The molecule has 120 valence electrons. The zero-order valence-electron chi connectivity index (χ0n) is 13.0. The number of thiophene rings is 1. The molecule has 0 aliphatic carbocycles. The van der Waals surface area contributed by atoms with Gasteiger partial charge in [-0.15, -0.1) is 16.4 Å². The molecule has 23 heavy (non-hydrogen) atoms. The van der Waals surface area contributed by atoms with Gasteiger partial charge < -0.3 is 9.64 Å². The van der Waals surface area contributed by atoms with Crippen molar-refractivity contribution in [2.45, 2.75) is 25.9 Å². The van der Waals surface area contributed by atoms with Gasteiger partial charge in [0.25, 0.3) is 0 Å². The van der Waals surface area contributed by atoms with Gasteiger partial charge in [0, 0.05) is 43.0 Å². The standard InChI is InChI=1S/C17H19N3O2S/c1-13-4-6-16(19-18-13)22-14-8-10-20(11-9-14)17(21)7-5-15-3-2-12-23-15/h2-7,12,14H,8-11H2,1H3. The van der Waals surface area contributed by atoms with Gasteiger partial charge in [0.05, 0.1) is 5.69 Å². The summed E-state index contributed by atoms with van der Waals surface area (Å²) in [7, 11) is 0. The Kier molecular flexibility index (Phi) is 5.02. The minimum absolute atomic E-state index is 0.0620. The Morgan fingerprint density at radius 2 is 2.13 bits per heavy atom.